The lowest BCUT2D eigenvalue weighted by molar-refractivity contribution is 0.102. The van der Waals surface area contributed by atoms with Crippen LogP contribution < -0.4 is 9.62 Å². The summed E-state index contributed by atoms with van der Waals surface area (Å²) in [6.07, 6.45) is 2.87. The summed E-state index contributed by atoms with van der Waals surface area (Å²) in [6, 6.07) is 14.9. The van der Waals surface area contributed by atoms with Gasteiger partial charge in [-0.2, -0.15) is 5.10 Å². The molecule has 0 atom stereocenters. The van der Waals surface area contributed by atoms with Crippen LogP contribution in [0.15, 0.2) is 54.7 Å². The van der Waals surface area contributed by atoms with Crippen LogP contribution in [0.25, 0.3) is 5.69 Å². The number of aromatic nitrogens is 2. The zero-order valence-corrected chi connectivity index (χ0v) is 17.8. The molecule has 1 aliphatic heterocycles. The summed E-state index contributed by atoms with van der Waals surface area (Å²) in [5.41, 5.74) is 4.64. The van der Waals surface area contributed by atoms with Crippen molar-refractivity contribution in [1.29, 1.82) is 0 Å². The predicted octanol–water partition coefficient (Wildman–Crippen LogP) is 3.54. The highest BCUT2D eigenvalue weighted by molar-refractivity contribution is 7.93. The van der Waals surface area contributed by atoms with Crippen LogP contribution in [-0.4, -0.2) is 36.4 Å². The average molecular weight is 425 g/mol. The second kappa shape index (κ2) is 7.95. The van der Waals surface area contributed by atoms with Crippen molar-refractivity contribution in [3.8, 4) is 5.69 Å². The summed E-state index contributed by atoms with van der Waals surface area (Å²) < 4.78 is 27.3. The van der Waals surface area contributed by atoms with E-state index in [0.29, 0.717) is 36.3 Å². The maximum atomic E-state index is 12.9. The fraction of sp³-hybridized carbons (Fsp3) is 0.273. The molecule has 30 heavy (non-hydrogen) atoms. The van der Waals surface area contributed by atoms with Crippen LogP contribution in [0.4, 0.5) is 11.4 Å². The molecule has 8 heteroatoms. The van der Waals surface area contributed by atoms with Crippen LogP contribution >= 0.6 is 0 Å². The largest absolute Gasteiger partial charge is 0.322 e. The molecule has 0 spiro atoms. The van der Waals surface area contributed by atoms with Crippen molar-refractivity contribution >= 4 is 27.3 Å². The molecule has 0 bridgehead atoms. The molecule has 1 aliphatic rings. The average Bonchev–Trinajstić information content (AvgIpc) is 3.32. The molecule has 7 nitrogen and oxygen atoms in total. The van der Waals surface area contributed by atoms with Gasteiger partial charge in [-0.1, -0.05) is 24.6 Å². The third kappa shape index (κ3) is 3.82. The number of rotatable bonds is 5. The van der Waals surface area contributed by atoms with Gasteiger partial charge in [-0.15, -0.1) is 0 Å². The van der Waals surface area contributed by atoms with Gasteiger partial charge in [0, 0.05) is 12.2 Å². The van der Waals surface area contributed by atoms with Crippen molar-refractivity contribution in [3.05, 3.63) is 71.5 Å². The number of hydrogen-bond acceptors (Lipinski definition) is 4. The first-order valence-electron chi connectivity index (χ1n) is 9.95. The molecule has 3 aromatic rings. The molecule has 2 heterocycles. The van der Waals surface area contributed by atoms with Gasteiger partial charge in [0.05, 0.1) is 34.6 Å². The Morgan fingerprint density at radius 3 is 2.33 bits per heavy atom. The number of benzene rings is 2. The van der Waals surface area contributed by atoms with E-state index >= 15 is 0 Å². The van der Waals surface area contributed by atoms with Crippen molar-refractivity contribution < 1.29 is 13.2 Å². The molecule has 1 aromatic heterocycles. The smallest absolute Gasteiger partial charge is 0.259 e. The maximum absolute atomic E-state index is 12.9. The molecular formula is C22H24N4O3S. The second-order valence-electron chi connectivity index (χ2n) is 7.35. The lowest BCUT2D eigenvalue weighted by atomic mass is 10.1. The highest BCUT2D eigenvalue weighted by atomic mass is 32.2. The lowest BCUT2D eigenvalue weighted by Crippen LogP contribution is -2.25. The van der Waals surface area contributed by atoms with Gasteiger partial charge < -0.3 is 5.32 Å². The number of carbonyl (C=O) groups is 1. The van der Waals surface area contributed by atoms with Crippen molar-refractivity contribution in [2.45, 2.75) is 26.7 Å². The molecular weight excluding hydrogens is 400 g/mol. The zero-order valence-electron chi connectivity index (χ0n) is 17.0. The standard InChI is InChI=1S/C22H24N4O3S/c1-3-21-20(15-23-26(21)19-9-5-16(2)6-10-19)22(27)24-17-7-11-18(12-8-17)25-13-4-14-30(25,28)29/h5-12,15H,3-4,13-14H2,1-2H3,(H,24,27). The summed E-state index contributed by atoms with van der Waals surface area (Å²) >= 11 is 0. The Kier molecular flexibility index (Phi) is 5.34. The molecule has 2 aromatic carbocycles. The Labute approximate surface area is 176 Å². The van der Waals surface area contributed by atoms with Crippen LogP contribution in [-0.2, 0) is 16.4 Å². The number of anilines is 2. The van der Waals surface area contributed by atoms with Crippen molar-refractivity contribution in [2.24, 2.45) is 0 Å². The summed E-state index contributed by atoms with van der Waals surface area (Å²) in [6.45, 7) is 4.51. The van der Waals surface area contributed by atoms with Gasteiger partial charge in [0.2, 0.25) is 10.0 Å². The Balaban J connectivity index is 1.53. The van der Waals surface area contributed by atoms with E-state index in [1.54, 1.807) is 35.1 Å². The SMILES string of the molecule is CCc1c(C(=O)Nc2ccc(N3CCCS3(=O)=O)cc2)cnn1-c1ccc(C)cc1. The van der Waals surface area contributed by atoms with Gasteiger partial charge in [-0.3, -0.25) is 9.10 Å². The van der Waals surface area contributed by atoms with Gasteiger partial charge in [-0.25, -0.2) is 13.1 Å². The second-order valence-corrected chi connectivity index (χ2v) is 9.36. The summed E-state index contributed by atoms with van der Waals surface area (Å²) in [7, 11) is -3.22. The Morgan fingerprint density at radius 1 is 1.07 bits per heavy atom. The Morgan fingerprint density at radius 2 is 1.73 bits per heavy atom. The predicted molar refractivity (Wildman–Crippen MR) is 118 cm³/mol. The Bertz CT molecular complexity index is 1170. The molecule has 1 amide bonds. The molecule has 0 unspecified atom stereocenters. The third-order valence-corrected chi connectivity index (χ3v) is 7.11. The van der Waals surface area contributed by atoms with Crippen LogP contribution in [0.1, 0.15) is 35.0 Å². The number of amides is 1. The van der Waals surface area contributed by atoms with Crippen LogP contribution in [0.5, 0.6) is 0 Å². The fourth-order valence-corrected chi connectivity index (χ4v) is 5.22. The molecule has 0 radical (unpaired) electrons. The molecule has 1 N–H and O–H groups in total. The first kappa shape index (κ1) is 20.2. The third-order valence-electron chi connectivity index (χ3n) is 5.24. The maximum Gasteiger partial charge on any atom is 0.259 e. The minimum absolute atomic E-state index is 0.177. The van der Waals surface area contributed by atoms with E-state index in [1.807, 2.05) is 38.1 Å². The number of hydrogen-bond donors (Lipinski definition) is 1. The fourth-order valence-electron chi connectivity index (χ4n) is 3.65. The van der Waals surface area contributed by atoms with Gasteiger partial charge >= 0.3 is 0 Å². The minimum atomic E-state index is -3.22. The van der Waals surface area contributed by atoms with Gasteiger partial charge in [0.15, 0.2) is 0 Å². The van der Waals surface area contributed by atoms with Crippen molar-refractivity contribution in [3.63, 3.8) is 0 Å². The molecule has 1 fully saturated rings. The molecule has 1 saturated heterocycles. The van der Waals surface area contributed by atoms with Crippen molar-refractivity contribution in [1.82, 2.24) is 9.78 Å². The molecule has 4 rings (SSSR count). The van der Waals surface area contributed by atoms with E-state index in [0.717, 1.165) is 16.9 Å². The lowest BCUT2D eigenvalue weighted by Gasteiger charge is -2.17. The van der Waals surface area contributed by atoms with Gasteiger partial charge in [0.25, 0.3) is 5.91 Å². The van der Waals surface area contributed by atoms with E-state index in [4.69, 9.17) is 0 Å². The van der Waals surface area contributed by atoms with Crippen molar-refractivity contribution in [2.75, 3.05) is 21.9 Å². The van der Waals surface area contributed by atoms with E-state index in [2.05, 4.69) is 10.4 Å². The first-order valence-corrected chi connectivity index (χ1v) is 11.6. The van der Waals surface area contributed by atoms with E-state index in [1.165, 1.54) is 4.31 Å². The molecule has 0 aliphatic carbocycles. The normalized spacial score (nSPS) is 15.3. The molecule has 156 valence electrons. The quantitative estimate of drug-likeness (QED) is 0.679. The zero-order chi connectivity index (χ0) is 21.3. The number of nitrogens with one attached hydrogen (secondary N) is 1. The van der Waals surface area contributed by atoms with E-state index in [-0.39, 0.29) is 11.7 Å². The topological polar surface area (TPSA) is 84.3 Å². The van der Waals surface area contributed by atoms with Gasteiger partial charge in [0.1, 0.15) is 0 Å². The summed E-state index contributed by atoms with van der Waals surface area (Å²) in [4.78, 5) is 12.9. The summed E-state index contributed by atoms with van der Waals surface area (Å²) in [5.74, 6) is -0.0669. The monoisotopic (exact) mass is 424 g/mol. The van der Waals surface area contributed by atoms with Gasteiger partial charge in [-0.05, 0) is 56.2 Å². The minimum Gasteiger partial charge on any atom is -0.322 e. The highest BCUT2D eigenvalue weighted by Gasteiger charge is 2.28. The van der Waals surface area contributed by atoms with Crippen LogP contribution in [0, 0.1) is 6.92 Å². The highest BCUT2D eigenvalue weighted by Crippen LogP contribution is 2.26. The van der Waals surface area contributed by atoms with Crippen LogP contribution in [0.3, 0.4) is 0 Å². The number of carbonyl (C=O) groups excluding carboxylic acids is 1. The summed E-state index contributed by atoms with van der Waals surface area (Å²) in [5, 5.41) is 7.30. The first-order chi connectivity index (χ1) is 14.4. The number of nitrogens with zero attached hydrogens (tertiary/aromatic N) is 3. The van der Waals surface area contributed by atoms with E-state index < -0.39 is 10.0 Å². The van der Waals surface area contributed by atoms with E-state index in [9.17, 15) is 13.2 Å². The number of sulfonamides is 1. The number of aryl methyl sites for hydroxylation is 1. The molecule has 0 saturated carbocycles. The Hall–Kier alpha value is -3.13. The van der Waals surface area contributed by atoms with Crippen LogP contribution in [0.2, 0.25) is 0 Å².